The first-order valence-corrected chi connectivity index (χ1v) is 9.86. The van der Waals surface area contributed by atoms with E-state index in [2.05, 4.69) is 5.32 Å². The van der Waals surface area contributed by atoms with E-state index in [0.29, 0.717) is 0 Å². The highest BCUT2D eigenvalue weighted by atomic mass is 33.5. The molecule has 1 atom stereocenters. The van der Waals surface area contributed by atoms with E-state index in [1.807, 2.05) is 30.3 Å². The number of carbonyl (C=O) groups is 2. The van der Waals surface area contributed by atoms with Gasteiger partial charge in [-0.15, -0.1) is 0 Å². The Balaban J connectivity index is 2.08. The van der Waals surface area contributed by atoms with Gasteiger partial charge in [0.05, 0.1) is 11.9 Å². The molecule has 0 bridgehead atoms. The summed E-state index contributed by atoms with van der Waals surface area (Å²) in [6.45, 7) is 2.00. The highest BCUT2D eigenvalue weighted by Gasteiger charge is 2.14. The van der Waals surface area contributed by atoms with E-state index < -0.39 is 6.16 Å². The van der Waals surface area contributed by atoms with Crippen LogP contribution >= 0.6 is 31.7 Å². The van der Waals surface area contributed by atoms with Gasteiger partial charge in [-0.25, -0.2) is 4.79 Å². The molecule has 0 aliphatic heterocycles. The predicted octanol–water partition coefficient (Wildman–Crippen LogP) is 2.78. The van der Waals surface area contributed by atoms with Crippen LogP contribution in [-0.2, 0) is 20.3 Å². The Hall–Kier alpha value is -1.03. The molecule has 9 heteroatoms. The molecule has 1 amide bonds. The van der Waals surface area contributed by atoms with Crippen molar-refractivity contribution in [3.8, 4) is 0 Å². The summed E-state index contributed by atoms with van der Waals surface area (Å²) in [5.41, 5.74) is 0.876. The van der Waals surface area contributed by atoms with Gasteiger partial charge in [-0.05, 0) is 12.5 Å². The van der Waals surface area contributed by atoms with Gasteiger partial charge in [-0.1, -0.05) is 41.1 Å². The van der Waals surface area contributed by atoms with Gasteiger partial charge in [0.2, 0.25) is 5.91 Å². The van der Waals surface area contributed by atoms with Gasteiger partial charge >= 0.3 is 6.16 Å². The Labute approximate surface area is 140 Å². The van der Waals surface area contributed by atoms with Gasteiger partial charge in [0, 0.05) is 16.4 Å². The van der Waals surface area contributed by atoms with Gasteiger partial charge < -0.3 is 19.3 Å². The maximum absolute atomic E-state index is 11.5. The minimum atomic E-state index is -0.778. The molecule has 122 valence electrons. The van der Waals surface area contributed by atoms with E-state index in [1.165, 1.54) is 10.8 Å². The molecule has 0 aromatic heterocycles. The molecular weight excluding hydrogens is 346 g/mol. The zero-order valence-corrected chi connectivity index (χ0v) is 14.3. The minimum absolute atomic E-state index is 0.0958. The average Bonchev–Trinajstić information content (AvgIpc) is 2.55. The second-order valence-corrected chi connectivity index (χ2v) is 7.95. The summed E-state index contributed by atoms with van der Waals surface area (Å²) >= 11 is 0.842. The summed E-state index contributed by atoms with van der Waals surface area (Å²) < 4.78 is 9.73. The molecule has 22 heavy (non-hydrogen) atoms. The molecule has 1 aromatic carbocycles. The van der Waals surface area contributed by atoms with Crippen molar-refractivity contribution in [2.75, 3.05) is 13.2 Å². The van der Waals surface area contributed by atoms with Gasteiger partial charge in [0.1, 0.15) is 17.7 Å². The number of rotatable bonds is 9. The molecule has 2 N–H and O–H groups in total. The maximum Gasteiger partial charge on any atom is 0.521 e. The molecule has 1 unspecified atom stereocenters. The number of amides is 1. The number of hydrogen-bond acceptors (Lipinski definition) is 8. The fourth-order valence-corrected chi connectivity index (χ4v) is 4.24. The van der Waals surface area contributed by atoms with E-state index in [0.717, 1.165) is 26.5 Å². The van der Waals surface area contributed by atoms with Crippen molar-refractivity contribution < 1.29 is 23.6 Å². The fourth-order valence-electron chi connectivity index (χ4n) is 1.22. The number of benzene rings is 1. The molecule has 0 fully saturated rings. The van der Waals surface area contributed by atoms with Crippen molar-refractivity contribution >= 4 is 43.8 Å². The normalized spacial score (nSPS) is 11.5. The smallest absolute Gasteiger partial charge is 0.429 e. The lowest BCUT2D eigenvalue weighted by Crippen LogP contribution is -2.32. The van der Waals surface area contributed by atoms with Crippen LogP contribution in [0.5, 0.6) is 0 Å². The minimum Gasteiger partial charge on any atom is -0.429 e. The molecule has 6 nitrogen and oxygen atoms in total. The van der Waals surface area contributed by atoms with Crippen molar-refractivity contribution in [3.63, 3.8) is 0 Å². The van der Waals surface area contributed by atoms with Crippen molar-refractivity contribution in [2.24, 2.45) is 0 Å². The standard InChI is InChI=1S/C13H17NO5S3/c1-10(12(16)14-7-8-15)20-22-21-19-13(17)18-9-11-5-3-2-4-6-11/h2-6,10,15H,7-9H2,1H3,(H,14,16). The zero-order valence-electron chi connectivity index (χ0n) is 11.9. The van der Waals surface area contributed by atoms with E-state index in [-0.39, 0.29) is 30.9 Å². The molecule has 0 saturated heterocycles. The number of aliphatic hydroxyl groups is 1. The van der Waals surface area contributed by atoms with E-state index in [4.69, 9.17) is 14.0 Å². The Bertz CT molecular complexity index is 460. The second kappa shape index (κ2) is 11.5. The van der Waals surface area contributed by atoms with E-state index in [9.17, 15) is 9.59 Å². The first-order chi connectivity index (χ1) is 10.6. The molecule has 0 heterocycles. The molecule has 0 aliphatic rings. The monoisotopic (exact) mass is 363 g/mol. The lowest BCUT2D eigenvalue weighted by molar-refractivity contribution is -0.120. The molecule has 1 aromatic rings. The van der Waals surface area contributed by atoms with Crippen LogP contribution < -0.4 is 5.32 Å². The first kappa shape index (κ1) is 19.0. The topological polar surface area (TPSA) is 84.9 Å². The summed E-state index contributed by atoms with van der Waals surface area (Å²) in [7, 11) is 2.40. The lowest BCUT2D eigenvalue weighted by Gasteiger charge is -2.09. The van der Waals surface area contributed by atoms with E-state index in [1.54, 1.807) is 6.92 Å². The van der Waals surface area contributed by atoms with Crippen LogP contribution in [0.3, 0.4) is 0 Å². The maximum atomic E-state index is 11.5. The number of carbonyl (C=O) groups excluding carboxylic acids is 2. The Kier molecular flexibility index (Phi) is 9.96. The summed E-state index contributed by atoms with van der Waals surface area (Å²) in [4.78, 5) is 22.8. The summed E-state index contributed by atoms with van der Waals surface area (Å²) in [6, 6.07) is 9.28. The number of hydrogen-bond donors (Lipinski definition) is 2. The number of aliphatic hydroxyl groups excluding tert-OH is 1. The zero-order chi connectivity index (χ0) is 16.2. The second-order valence-electron chi connectivity index (χ2n) is 4.00. The molecule has 0 radical (unpaired) electrons. The molecular formula is C13H17NO5S3. The van der Waals surface area contributed by atoms with Crippen LogP contribution in [0, 0.1) is 0 Å². The third kappa shape index (κ3) is 8.42. The number of ether oxygens (including phenoxy) is 1. The summed E-state index contributed by atoms with van der Waals surface area (Å²) in [6.07, 6.45) is -0.778. The fraction of sp³-hybridized carbons (Fsp3) is 0.385. The molecule has 1 rings (SSSR count). The SMILES string of the molecule is CC(SSSOC(=O)OCc1ccccc1)C(=O)NCCO. The summed E-state index contributed by atoms with van der Waals surface area (Å²) in [5, 5.41) is 10.8. The van der Waals surface area contributed by atoms with Crippen LogP contribution in [0.2, 0.25) is 0 Å². The summed E-state index contributed by atoms with van der Waals surface area (Å²) in [5.74, 6) is -0.182. The highest BCUT2D eigenvalue weighted by Crippen LogP contribution is 2.38. The van der Waals surface area contributed by atoms with Gasteiger partial charge in [0.15, 0.2) is 0 Å². The van der Waals surface area contributed by atoms with Crippen LogP contribution in [0.1, 0.15) is 12.5 Å². The molecule has 0 aliphatic carbocycles. The van der Waals surface area contributed by atoms with Crippen LogP contribution in [0.15, 0.2) is 30.3 Å². The predicted molar refractivity (Wildman–Crippen MR) is 90.0 cm³/mol. The van der Waals surface area contributed by atoms with Crippen molar-refractivity contribution in [1.29, 1.82) is 0 Å². The quantitative estimate of drug-likeness (QED) is 0.300. The Morgan fingerprint density at radius 3 is 2.73 bits per heavy atom. The van der Waals surface area contributed by atoms with Gasteiger partial charge in [0.25, 0.3) is 0 Å². The van der Waals surface area contributed by atoms with Crippen molar-refractivity contribution in [3.05, 3.63) is 35.9 Å². The third-order valence-corrected chi connectivity index (χ3v) is 5.81. The molecule has 0 spiro atoms. The highest BCUT2D eigenvalue weighted by molar-refractivity contribution is 9.08. The van der Waals surface area contributed by atoms with E-state index >= 15 is 0 Å². The van der Waals surface area contributed by atoms with Crippen molar-refractivity contribution in [1.82, 2.24) is 5.32 Å². The van der Waals surface area contributed by atoms with Gasteiger partial charge in [-0.2, -0.15) is 0 Å². The number of nitrogens with one attached hydrogen (secondary N) is 1. The average molecular weight is 363 g/mol. The lowest BCUT2D eigenvalue weighted by atomic mass is 10.2. The largest absolute Gasteiger partial charge is 0.521 e. The van der Waals surface area contributed by atoms with Crippen molar-refractivity contribution in [2.45, 2.75) is 18.8 Å². The van der Waals surface area contributed by atoms with Crippen LogP contribution in [0.4, 0.5) is 4.79 Å². The van der Waals surface area contributed by atoms with Crippen LogP contribution in [-0.4, -0.2) is 35.6 Å². The van der Waals surface area contributed by atoms with Gasteiger partial charge in [-0.3, -0.25) is 4.79 Å². The van der Waals surface area contributed by atoms with Crippen LogP contribution in [0.25, 0.3) is 0 Å². The third-order valence-electron chi connectivity index (χ3n) is 2.29. The Morgan fingerprint density at radius 1 is 1.32 bits per heavy atom. The molecule has 0 saturated carbocycles. The first-order valence-electron chi connectivity index (χ1n) is 6.39. The Morgan fingerprint density at radius 2 is 2.05 bits per heavy atom.